The fraction of sp³-hybridized carbons (Fsp3) is 0.222. The standard InChI is InChI=1S/C9H13N3S/c1-11(2)9(13)12(10)8-6-4-3-5-7-8/h3-7H,10H2,1-2H3. The number of hydrogen-bond donors (Lipinski definition) is 1. The highest BCUT2D eigenvalue weighted by Gasteiger charge is 2.07. The van der Waals surface area contributed by atoms with Crippen molar-refractivity contribution in [3.8, 4) is 0 Å². The molecule has 1 aromatic rings. The van der Waals surface area contributed by atoms with E-state index in [9.17, 15) is 0 Å². The topological polar surface area (TPSA) is 32.5 Å². The minimum atomic E-state index is 0.589. The van der Waals surface area contributed by atoms with Crippen molar-refractivity contribution in [2.45, 2.75) is 0 Å². The van der Waals surface area contributed by atoms with Gasteiger partial charge in [0.05, 0.1) is 5.69 Å². The molecule has 70 valence electrons. The molecule has 0 aliphatic heterocycles. The van der Waals surface area contributed by atoms with Crippen LogP contribution in [0.15, 0.2) is 30.3 Å². The Balaban J connectivity index is 2.80. The maximum Gasteiger partial charge on any atom is 0.190 e. The summed E-state index contributed by atoms with van der Waals surface area (Å²) in [6.07, 6.45) is 0. The summed E-state index contributed by atoms with van der Waals surface area (Å²) >= 11 is 5.11. The molecule has 0 aromatic heterocycles. The van der Waals surface area contributed by atoms with Crippen LogP contribution in [0.5, 0.6) is 0 Å². The first-order chi connectivity index (χ1) is 6.13. The first-order valence-electron chi connectivity index (χ1n) is 3.94. The second-order valence-electron chi connectivity index (χ2n) is 2.88. The second kappa shape index (κ2) is 4.20. The lowest BCUT2D eigenvalue weighted by Crippen LogP contribution is -2.43. The average Bonchev–Trinajstić information content (AvgIpc) is 2.17. The van der Waals surface area contributed by atoms with E-state index in [1.54, 1.807) is 4.90 Å². The molecule has 2 N–H and O–H groups in total. The summed E-state index contributed by atoms with van der Waals surface area (Å²) < 4.78 is 0. The van der Waals surface area contributed by atoms with E-state index in [2.05, 4.69) is 0 Å². The van der Waals surface area contributed by atoms with E-state index in [0.29, 0.717) is 5.11 Å². The van der Waals surface area contributed by atoms with Gasteiger partial charge in [0.2, 0.25) is 0 Å². The van der Waals surface area contributed by atoms with Gasteiger partial charge in [0.1, 0.15) is 0 Å². The Bertz CT molecular complexity index is 284. The molecule has 0 atom stereocenters. The largest absolute Gasteiger partial charge is 0.354 e. The highest BCUT2D eigenvalue weighted by molar-refractivity contribution is 7.80. The van der Waals surface area contributed by atoms with Crippen LogP contribution in [0.3, 0.4) is 0 Å². The molecule has 13 heavy (non-hydrogen) atoms. The van der Waals surface area contributed by atoms with Crippen LogP contribution in [0.4, 0.5) is 5.69 Å². The van der Waals surface area contributed by atoms with Crippen LogP contribution < -0.4 is 10.9 Å². The molecule has 0 radical (unpaired) electrons. The first kappa shape index (κ1) is 9.95. The number of hydrazine groups is 1. The van der Waals surface area contributed by atoms with Crippen molar-refractivity contribution in [2.24, 2.45) is 5.84 Å². The van der Waals surface area contributed by atoms with E-state index in [0.717, 1.165) is 5.69 Å². The average molecular weight is 195 g/mol. The SMILES string of the molecule is CN(C)C(=S)N(N)c1ccccc1. The highest BCUT2D eigenvalue weighted by atomic mass is 32.1. The van der Waals surface area contributed by atoms with Crippen LogP contribution in [0.1, 0.15) is 0 Å². The van der Waals surface area contributed by atoms with Gasteiger partial charge in [-0.25, -0.2) is 5.84 Å². The molecule has 0 fully saturated rings. The van der Waals surface area contributed by atoms with Gasteiger partial charge in [0, 0.05) is 14.1 Å². The van der Waals surface area contributed by atoms with E-state index in [1.807, 2.05) is 44.4 Å². The quantitative estimate of drug-likeness (QED) is 0.415. The Morgan fingerprint density at radius 3 is 2.23 bits per heavy atom. The van der Waals surface area contributed by atoms with Crippen molar-refractivity contribution >= 4 is 23.0 Å². The van der Waals surface area contributed by atoms with Crippen molar-refractivity contribution < 1.29 is 0 Å². The lowest BCUT2D eigenvalue weighted by Gasteiger charge is -2.24. The second-order valence-corrected chi connectivity index (χ2v) is 3.25. The van der Waals surface area contributed by atoms with Crippen LogP contribution in [0.2, 0.25) is 0 Å². The van der Waals surface area contributed by atoms with Gasteiger partial charge < -0.3 is 4.90 Å². The molecule has 0 aliphatic carbocycles. The Morgan fingerprint density at radius 2 is 1.77 bits per heavy atom. The van der Waals surface area contributed by atoms with Crippen molar-refractivity contribution in [3.05, 3.63) is 30.3 Å². The number of thiocarbonyl (C=S) groups is 1. The fourth-order valence-electron chi connectivity index (χ4n) is 0.915. The zero-order valence-electron chi connectivity index (χ0n) is 7.77. The molecule has 0 aliphatic rings. The molecule has 1 aromatic carbocycles. The van der Waals surface area contributed by atoms with Crippen LogP contribution in [-0.2, 0) is 0 Å². The van der Waals surface area contributed by atoms with E-state index < -0.39 is 0 Å². The first-order valence-corrected chi connectivity index (χ1v) is 4.35. The summed E-state index contributed by atoms with van der Waals surface area (Å²) in [6, 6.07) is 9.61. The number of anilines is 1. The summed E-state index contributed by atoms with van der Waals surface area (Å²) in [4.78, 5) is 1.79. The Morgan fingerprint density at radius 1 is 1.23 bits per heavy atom. The van der Waals surface area contributed by atoms with Crippen LogP contribution >= 0.6 is 12.2 Å². The molecular formula is C9H13N3S. The van der Waals surface area contributed by atoms with E-state index in [-0.39, 0.29) is 0 Å². The molecule has 3 nitrogen and oxygen atoms in total. The van der Waals surface area contributed by atoms with Gasteiger partial charge in [-0.1, -0.05) is 18.2 Å². The third-order valence-corrected chi connectivity index (χ3v) is 2.18. The molecule has 0 spiro atoms. The van der Waals surface area contributed by atoms with E-state index >= 15 is 0 Å². The van der Waals surface area contributed by atoms with Gasteiger partial charge in [0.15, 0.2) is 5.11 Å². The zero-order chi connectivity index (χ0) is 9.84. The van der Waals surface area contributed by atoms with Crippen molar-refractivity contribution in [2.75, 3.05) is 19.1 Å². The van der Waals surface area contributed by atoms with Crippen LogP contribution in [0, 0.1) is 0 Å². The van der Waals surface area contributed by atoms with Gasteiger partial charge in [-0.05, 0) is 24.4 Å². The third-order valence-electron chi connectivity index (χ3n) is 1.62. The summed E-state index contributed by atoms with van der Waals surface area (Å²) in [5.74, 6) is 5.79. The van der Waals surface area contributed by atoms with Crippen molar-refractivity contribution in [1.82, 2.24) is 4.90 Å². The van der Waals surface area contributed by atoms with Gasteiger partial charge in [-0.3, -0.25) is 5.01 Å². The van der Waals surface area contributed by atoms with Gasteiger partial charge in [0.25, 0.3) is 0 Å². The number of benzene rings is 1. The molecule has 0 bridgehead atoms. The Labute approximate surface area is 83.7 Å². The van der Waals surface area contributed by atoms with Gasteiger partial charge in [-0.2, -0.15) is 0 Å². The van der Waals surface area contributed by atoms with E-state index in [4.69, 9.17) is 18.1 Å². The van der Waals surface area contributed by atoms with E-state index in [1.165, 1.54) is 5.01 Å². The molecule has 4 heteroatoms. The van der Waals surface area contributed by atoms with Gasteiger partial charge >= 0.3 is 0 Å². The molecular weight excluding hydrogens is 182 g/mol. The fourth-order valence-corrected chi connectivity index (χ4v) is 1.02. The number of rotatable bonds is 1. The summed E-state index contributed by atoms with van der Waals surface area (Å²) in [7, 11) is 3.73. The third kappa shape index (κ3) is 2.40. The van der Waals surface area contributed by atoms with Gasteiger partial charge in [-0.15, -0.1) is 0 Å². The molecule has 1 rings (SSSR count). The molecule has 0 amide bonds. The minimum absolute atomic E-state index is 0.589. The molecule has 0 saturated carbocycles. The lowest BCUT2D eigenvalue weighted by molar-refractivity contribution is 0.619. The molecule has 0 saturated heterocycles. The predicted octanol–water partition coefficient (Wildman–Crippen LogP) is 1.21. The monoisotopic (exact) mass is 195 g/mol. The van der Waals surface area contributed by atoms with Crippen LogP contribution in [0.25, 0.3) is 0 Å². The minimum Gasteiger partial charge on any atom is -0.354 e. The van der Waals surface area contributed by atoms with Crippen molar-refractivity contribution in [1.29, 1.82) is 0 Å². The lowest BCUT2D eigenvalue weighted by atomic mass is 10.3. The summed E-state index contributed by atoms with van der Waals surface area (Å²) in [6.45, 7) is 0. The highest BCUT2D eigenvalue weighted by Crippen LogP contribution is 2.10. The Hall–Kier alpha value is -1.13. The zero-order valence-corrected chi connectivity index (χ0v) is 8.58. The van der Waals surface area contributed by atoms with Crippen LogP contribution in [-0.4, -0.2) is 24.1 Å². The predicted molar refractivity (Wildman–Crippen MR) is 59.4 cm³/mol. The van der Waals surface area contributed by atoms with Crippen molar-refractivity contribution in [3.63, 3.8) is 0 Å². The number of nitrogens with two attached hydrogens (primary N) is 1. The number of hydrogen-bond acceptors (Lipinski definition) is 2. The summed E-state index contributed by atoms with van der Waals surface area (Å²) in [5.41, 5.74) is 0.890. The number of para-hydroxylation sites is 1. The Kier molecular flexibility index (Phi) is 3.22. The maximum atomic E-state index is 5.79. The summed E-state index contributed by atoms with van der Waals surface area (Å²) in [5, 5.41) is 2.07. The number of nitrogens with zero attached hydrogens (tertiary/aromatic N) is 2. The molecule has 0 unspecified atom stereocenters. The molecule has 0 heterocycles. The smallest absolute Gasteiger partial charge is 0.190 e. The normalized spacial score (nSPS) is 9.46. The maximum absolute atomic E-state index is 5.79.